The molecule has 28 heavy (non-hydrogen) atoms. The Labute approximate surface area is 167 Å². The second kappa shape index (κ2) is 9.41. The first kappa shape index (κ1) is 19.9. The summed E-state index contributed by atoms with van der Waals surface area (Å²) < 4.78 is 12.0. The summed E-state index contributed by atoms with van der Waals surface area (Å²) in [5.41, 5.74) is 1.66. The van der Waals surface area contributed by atoms with Crippen LogP contribution in [0.4, 0.5) is 0 Å². The minimum absolute atomic E-state index is 0.115. The molecule has 146 valence electrons. The summed E-state index contributed by atoms with van der Waals surface area (Å²) in [6, 6.07) is 15.1. The van der Waals surface area contributed by atoms with Crippen LogP contribution in [0.2, 0.25) is 0 Å². The van der Waals surface area contributed by atoms with E-state index in [4.69, 9.17) is 9.47 Å². The van der Waals surface area contributed by atoms with E-state index in [0.29, 0.717) is 28.4 Å². The Bertz CT molecular complexity index is 1020. The SMILES string of the molecule is COC(=O)CCn1c(SCCOc2ccc(C)cc2)nc2ccccc2c1=O. The molecule has 1 heterocycles. The fourth-order valence-electron chi connectivity index (χ4n) is 2.69. The van der Waals surface area contributed by atoms with Gasteiger partial charge in [-0.25, -0.2) is 4.98 Å². The van der Waals surface area contributed by atoms with Crippen molar-refractivity contribution in [3.8, 4) is 5.75 Å². The largest absolute Gasteiger partial charge is 0.493 e. The van der Waals surface area contributed by atoms with Gasteiger partial charge in [0, 0.05) is 12.3 Å². The summed E-state index contributed by atoms with van der Waals surface area (Å²) in [6.45, 7) is 2.73. The average Bonchev–Trinajstić information content (AvgIpc) is 2.72. The molecule has 1 aromatic heterocycles. The maximum atomic E-state index is 12.9. The highest BCUT2D eigenvalue weighted by molar-refractivity contribution is 7.99. The van der Waals surface area contributed by atoms with Gasteiger partial charge in [-0.05, 0) is 31.2 Å². The molecule has 0 spiro atoms. The van der Waals surface area contributed by atoms with Crippen molar-refractivity contribution in [3.63, 3.8) is 0 Å². The molecule has 0 fully saturated rings. The van der Waals surface area contributed by atoms with Gasteiger partial charge in [0.2, 0.25) is 0 Å². The van der Waals surface area contributed by atoms with Crippen LogP contribution in [0.15, 0.2) is 58.5 Å². The van der Waals surface area contributed by atoms with E-state index in [-0.39, 0.29) is 24.5 Å². The van der Waals surface area contributed by atoms with Crippen molar-refractivity contribution in [2.24, 2.45) is 0 Å². The van der Waals surface area contributed by atoms with Crippen molar-refractivity contribution in [2.45, 2.75) is 25.0 Å². The normalized spacial score (nSPS) is 10.8. The van der Waals surface area contributed by atoms with Crippen molar-refractivity contribution < 1.29 is 14.3 Å². The first-order valence-corrected chi connectivity index (χ1v) is 9.95. The molecule has 0 radical (unpaired) electrons. The number of ether oxygens (including phenoxy) is 2. The maximum absolute atomic E-state index is 12.9. The van der Waals surface area contributed by atoms with E-state index in [1.54, 1.807) is 12.1 Å². The van der Waals surface area contributed by atoms with Crippen molar-refractivity contribution >= 4 is 28.6 Å². The van der Waals surface area contributed by atoms with Crippen LogP contribution in [0, 0.1) is 6.92 Å². The Balaban J connectivity index is 1.74. The van der Waals surface area contributed by atoms with E-state index in [1.165, 1.54) is 29.0 Å². The Kier molecular flexibility index (Phi) is 6.71. The number of carbonyl (C=O) groups excluding carboxylic acids is 1. The summed E-state index contributed by atoms with van der Waals surface area (Å²) >= 11 is 1.43. The Hall–Kier alpha value is -2.80. The number of benzene rings is 2. The highest BCUT2D eigenvalue weighted by atomic mass is 32.2. The number of rotatable bonds is 8. The van der Waals surface area contributed by atoms with Gasteiger partial charge in [0.25, 0.3) is 5.56 Å². The molecular formula is C21H22N2O4S. The maximum Gasteiger partial charge on any atom is 0.307 e. The zero-order valence-corrected chi connectivity index (χ0v) is 16.7. The lowest BCUT2D eigenvalue weighted by atomic mass is 10.2. The Morgan fingerprint density at radius 2 is 1.89 bits per heavy atom. The zero-order valence-electron chi connectivity index (χ0n) is 15.9. The molecule has 0 saturated carbocycles. The molecule has 0 bridgehead atoms. The van der Waals surface area contributed by atoms with E-state index in [1.807, 2.05) is 43.3 Å². The number of fused-ring (bicyclic) bond motifs is 1. The molecule has 0 saturated heterocycles. The fourth-order valence-corrected chi connectivity index (χ4v) is 3.53. The van der Waals surface area contributed by atoms with Crippen molar-refractivity contribution in [2.75, 3.05) is 19.5 Å². The van der Waals surface area contributed by atoms with Crippen LogP contribution in [0.25, 0.3) is 10.9 Å². The number of nitrogens with zero attached hydrogens (tertiary/aromatic N) is 2. The lowest BCUT2D eigenvalue weighted by Crippen LogP contribution is -2.25. The number of thioether (sulfide) groups is 1. The summed E-state index contributed by atoms with van der Waals surface area (Å²) in [5, 5.41) is 1.10. The summed E-state index contributed by atoms with van der Waals surface area (Å²) in [6.07, 6.45) is 0.115. The Morgan fingerprint density at radius 3 is 2.64 bits per heavy atom. The highest BCUT2D eigenvalue weighted by Crippen LogP contribution is 2.19. The van der Waals surface area contributed by atoms with Crippen LogP contribution in [0.3, 0.4) is 0 Å². The molecule has 0 aliphatic carbocycles. The lowest BCUT2D eigenvalue weighted by Gasteiger charge is -2.13. The zero-order chi connectivity index (χ0) is 19.9. The van der Waals surface area contributed by atoms with Crippen molar-refractivity contribution in [3.05, 3.63) is 64.4 Å². The first-order chi connectivity index (χ1) is 13.6. The van der Waals surface area contributed by atoms with E-state index < -0.39 is 0 Å². The minimum Gasteiger partial charge on any atom is -0.493 e. The molecule has 2 aromatic carbocycles. The number of hydrogen-bond donors (Lipinski definition) is 0. The second-order valence-corrected chi connectivity index (χ2v) is 7.27. The van der Waals surface area contributed by atoms with Crippen molar-refractivity contribution in [1.29, 1.82) is 0 Å². The number of para-hydroxylation sites is 1. The monoisotopic (exact) mass is 398 g/mol. The summed E-state index contributed by atoms with van der Waals surface area (Å²) in [5.74, 6) is 1.07. The van der Waals surface area contributed by atoms with E-state index in [2.05, 4.69) is 4.98 Å². The van der Waals surface area contributed by atoms with E-state index >= 15 is 0 Å². The molecule has 7 heteroatoms. The van der Waals surface area contributed by atoms with Crippen LogP contribution in [0.1, 0.15) is 12.0 Å². The third kappa shape index (κ3) is 4.92. The number of aryl methyl sites for hydroxylation is 1. The molecule has 0 aliphatic rings. The van der Waals surface area contributed by atoms with Crippen molar-refractivity contribution in [1.82, 2.24) is 9.55 Å². The molecular weight excluding hydrogens is 376 g/mol. The number of esters is 1. The van der Waals surface area contributed by atoms with Gasteiger partial charge >= 0.3 is 5.97 Å². The average molecular weight is 398 g/mol. The standard InChI is InChI=1S/C21H22N2O4S/c1-15-7-9-16(10-8-15)27-13-14-28-21-22-18-6-4-3-5-17(18)20(25)23(21)12-11-19(24)26-2/h3-10H,11-14H2,1-2H3. The predicted molar refractivity (Wildman–Crippen MR) is 110 cm³/mol. The second-order valence-electron chi connectivity index (χ2n) is 6.20. The van der Waals surface area contributed by atoms with Gasteiger partial charge in [-0.3, -0.25) is 14.2 Å². The third-order valence-electron chi connectivity index (χ3n) is 4.20. The first-order valence-electron chi connectivity index (χ1n) is 8.97. The molecule has 3 aromatic rings. The molecule has 0 unspecified atom stereocenters. The molecule has 0 atom stereocenters. The number of hydrogen-bond acceptors (Lipinski definition) is 6. The molecule has 6 nitrogen and oxygen atoms in total. The van der Waals surface area contributed by atoms with Crippen LogP contribution in [-0.4, -0.2) is 35.0 Å². The Morgan fingerprint density at radius 1 is 1.14 bits per heavy atom. The van der Waals surface area contributed by atoms with Crippen LogP contribution in [-0.2, 0) is 16.1 Å². The summed E-state index contributed by atoms with van der Waals surface area (Å²) in [7, 11) is 1.34. The van der Waals surface area contributed by atoms with Gasteiger partial charge in [-0.1, -0.05) is 41.6 Å². The third-order valence-corrected chi connectivity index (χ3v) is 5.14. The van der Waals surface area contributed by atoms with Gasteiger partial charge in [-0.15, -0.1) is 0 Å². The quantitative estimate of drug-likeness (QED) is 0.251. The van der Waals surface area contributed by atoms with Crippen LogP contribution in [0.5, 0.6) is 5.75 Å². The number of methoxy groups -OCH3 is 1. The van der Waals surface area contributed by atoms with E-state index in [0.717, 1.165) is 5.75 Å². The molecule has 3 rings (SSSR count). The molecule has 0 amide bonds. The van der Waals surface area contributed by atoms with Crippen LogP contribution >= 0.6 is 11.8 Å². The molecule has 0 aliphatic heterocycles. The predicted octanol–water partition coefficient (Wildman–Crippen LogP) is 3.44. The van der Waals surface area contributed by atoms with Gasteiger partial charge < -0.3 is 9.47 Å². The minimum atomic E-state index is -0.362. The van der Waals surface area contributed by atoms with Gasteiger partial charge in [0.1, 0.15) is 5.75 Å². The van der Waals surface area contributed by atoms with Crippen LogP contribution < -0.4 is 10.3 Å². The number of aromatic nitrogens is 2. The smallest absolute Gasteiger partial charge is 0.307 e. The van der Waals surface area contributed by atoms with Gasteiger partial charge in [-0.2, -0.15) is 0 Å². The fraction of sp³-hybridized carbons (Fsp3) is 0.286. The number of carbonyl (C=O) groups is 1. The van der Waals surface area contributed by atoms with Gasteiger partial charge in [0.15, 0.2) is 5.16 Å². The summed E-state index contributed by atoms with van der Waals surface area (Å²) in [4.78, 5) is 29.0. The van der Waals surface area contributed by atoms with Gasteiger partial charge in [0.05, 0.1) is 31.0 Å². The molecule has 0 N–H and O–H groups in total. The lowest BCUT2D eigenvalue weighted by molar-refractivity contribution is -0.140. The highest BCUT2D eigenvalue weighted by Gasteiger charge is 2.13. The van der Waals surface area contributed by atoms with E-state index in [9.17, 15) is 9.59 Å². The topological polar surface area (TPSA) is 70.4 Å².